The maximum absolute atomic E-state index is 11.2. The van der Waals surface area contributed by atoms with Crippen LogP contribution in [0, 0.1) is 0 Å². The fraction of sp³-hybridized carbons (Fsp3) is 0.308. The van der Waals surface area contributed by atoms with Crippen molar-refractivity contribution in [1.82, 2.24) is 5.01 Å². The molecule has 21 heavy (non-hydrogen) atoms. The Morgan fingerprint density at radius 3 is 2.24 bits per heavy atom. The number of alkyl halides is 1. The maximum Gasteiger partial charge on any atom is 0.345 e. The minimum absolute atomic E-state index is 0.250. The first-order valence-electron chi connectivity index (χ1n) is 5.73. The van der Waals surface area contributed by atoms with E-state index in [4.69, 9.17) is 22.2 Å². The molecule has 0 heterocycles. The molecule has 118 valence electrons. The number of esters is 2. The van der Waals surface area contributed by atoms with Crippen LogP contribution in [0.25, 0.3) is 0 Å². The van der Waals surface area contributed by atoms with E-state index in [1.165, 1.54) is 11.9 Å². The standard InChI is InChI=1S/C10H9ClO3.C2H8N2.CH3NO/c1-7(12)14-10(13)9-4-2-3-8(5-9)6-11;1-4(2)3;2-1-3/h2-5H,6H2,1H3;3H2,1-2H3;1H,(H2,2,3). The van der Waals surface area contributed by atoms with Gasteiger partial charge in [0.05, 0.1) is 5.56 Å². The van der Waals surface area contributed by atoms with Gasteiger partial charge in [0.1, 0.15) is 0 Å². The fourth-order valence-corrected chi connectivity index (χ4v) is 1.14. The van der Waals surface area contributed by atoms with Crippen LogP contribution >= 0.6 is 11.6 Å². The van der Waals surface area contributed by atoms with Gasteiger partial charge in [0, 0.05) is 26.9 Å². The third-order valence-electron chi connectivity index (χ3n) is 1.55. The van der Waals surface area contributed by atoms with E-state index in [0.717, 1.165) is 5.56 Å². The van der Waals surface area contributed by atoms with Crippen molar-refractivity contribution in [2.45, 2.75) is 12.8 Å². The van der Waals surface area contributed by atoms with Gasteiger partial charge in [-0.25, -0.2) is 4.79 Å². The molecule has 0 bridgehead atoms. The molecule has 1 amide bonds. The third kappa shape index (κ3) is 14.3. The van der Waals surface area contributed by atoms with Crippen molar-refractivity contribution in [3.8, 4) is 0 Å². The molecule has 0 aliphatic carbocycles. The van der Waals surface area contributed by atoms with Gasteiger partial charge < -0.3 is 10.5 Å². The molecule has 0 saturated carbocycles. The Bertz CT molecular complexity index is 450. The Morgan fingerprint density at radius 1 is 1.38 bits per heavy atom. The Labute approximate surface area is 128 Å². The number of halogens is 1. The highest BCUT2D eigenvalue weighted by Gasteiger charge is 2.09. The Morgan fingerprint density at radius 2 is 1.86 bits per heavy atom. The Hall–Kier alpha value is -1.96. The zero-order valence-corrected chi connectivity index (χ0v) is 13.0. The maximum atomic E-state index is 11.2. The van der Waals surface area contributed by atoms with E-state index in [1.54, 1.807) is 38.4 Å². The number of carbonyl (C=O) groups is 3. The summed E-state index contributed by atoms with van der Waals surface area (Å²) in [5.41, 5.74) is 5.31. The van der Waals surface area contributed by atoms with Crippen molar-refractivity contribution in [3.63, 3.8) is 0 Å². The Kier molecular flexibility index (Phi) is 13.3. The van der Waals surface area contributed by atoms with Gasteiger partial charge >= 0.3 is 11.9 Å². The minimum atomic E-state index is -0.649. The van der Waals surface area contributed by atoms with Gasteiger partial charge in [-0.1, -0.05) is 12.1 Å². The molecule has 0 atom stereocenters. The van der Waals surface area contributed by atoms with Gasteiger partial charge in [-0.2, -0.15) is 0 Å². The van der Waals surface area contributed by atoms with Crippen molar-refractivity contribution in [1.29, 1.82) is 0 Å². The molecule has 1 aromatic carbocycles. The first kappa shape index (κ1) is 21.3. The lowest BCUT2D eigenvalue weighted by Crippen LogP contribution is -2.18. The number of rotatable bonds is 2. The molecule has 0 unspecified atom stereocenters. The van der Waals surface area contributed by atoms with Crippen LogP contribution in [0.4, 0.5) is 0 Å². The summed E-state index contributed by atoms with van der Waals surface area (Å²) in [5.74, 6) is 4.00. The highest BCUT2D eigenvalue weighted by atomic mass is 35.5. The molecule has 7 nitrogen and oxygen atoms in total. The molecule has 0 fully saturated rings. The summed E-state index contributed by atoms with van der Waals surface area (Å²) in [4.78, 5) is 30.3. The van der Waals surface area contributed by atoms with Gasteiger partial charge in [0.2, 0.25) is 6.41 Å². The highest BCUT2D eigenvalue weighted by Crippen LogP contribution is 2.08. The number of hydrazine groups is 1. The van der Waals surface area contributed by atoms with Crippen LogP contribution in [-0.2, 0) is 20.2 Å². The average molecular weight is 318 g/mol. The first-order chi connectivity index (χ1) is 9.78. The summed E-state index contributed by atoms with van der Waals surface area (Å²) >= 11 is 5.59. The lowest BCUT2D eigenvalue weighted by molar-refractivity contribution is -0.135. The van der Waals surface area contributed by atoms with Crippen molar-refractivity contribution < 1.29 is 19.1 Å². The molecule has 8 heteroatoms. The van der Waals surface area contributed by atoms with Crippen molar-refractivity contribution in [3.05, 3.63) is 35.4 Å². The topological polar surface area (TPSA) is 116 Å². The minimum Gasteiger partial charge on any atom is -0.390 e. The summed E-state index contributed by atoms with van der Waals surface area (Å²) in [6.45, 7) is 1.18. The summed E-state index contributed by atoms with van der Waals surface area (Å²) in [6.07, 6.45) is 0.250. The molecule has 0 aromatic heterocycles. The molecule has 4 N–H and O–H groups in total. The molecule has 1 rings (SSSR count). The predicted octanol–water partition coefficient (Wildman–Crippen LogP) is 0.652. The molecule has 0 aliphatic rings. The van der Waals surface area contributed by atoms with Crippen LogP contribution in [0.2, 0.25) is 0 Å². The van der Waals surface area contributed by atoms with E-state index in [9.17, 15) is 9.59 Å². The number of carbonyl (C=O) groups excluding carboxylic acids is 3. The highest BCUT2D eigenvalue weighted by molar-refractivity contribution is 6.17. The fourth-order valence-electron chi connectivity index (χ4n) is 0.971. The van der Waals surface area contributed by atoms with E-state index >= 15 is 0 Å². The zero-order valence-electron chi connectivity index (χ0n) is 12.2. The van der Waals surface area contributed by atoms with E-state index in [-0.39, 0.29) is 6.41 Å². The summed E-state index contributed by atoms with van der Waals surface area (Å²) in [7, 11) is 3.56. The molecule has 0 radical (unpaired) electrons. The first-order valence-corrected chi connectivity index (χ1v) is 6.26. The van der Waals surface area contributed by atoms with Gasteiger partial charge in [-0.3, -0.25) is 20.4 Å². The second kappa shape index (κ2) is 13.0. The zero-order chi connectivity index (χ0) is 16.8. The molecule has 0 saturated heterocycles. The lowest BCUT2D eigenvalue weighted by Gasteiger charge is -2.01. The van der Waals surface area contributed by atoms with Crippen molar-refractivity contribution in [2.24, 2.45) is 11.6 Å². The summed E-state index contributed by atoms with van der Waals surface area (Å²) in [6, 6.07) is 6.64. The van der Waals surface area contributed by atoms with E-state index in [1.807, 2.05) is 0 Å². The van der Waals surface area contributed by atoms with Gasteiger partial charge in [0.25, 0.3) is 0 Å². The summed E-state index contributed by atoms with van der Waals surface area (Å²) in [5, 5.41) is 1.50. The van der Waals surface area contributed by atoms with Gasteiger partial charge in [-0.05, 0) is 17.7 Å². The second-order valence-electron chi connectivity index (χ2n) is 3.81. The molecular formula is C13H20ClN3O4. The molecule has 0 aliphatic heterocycles. The largest absolute Gasteiger partial charge is 0.390 e. The van der Waals surface area contributed by atoms with E-state index in [0.29, 0.717) is 11.4 Å². The van der Waals surface area contributed by atoms with Gasteiger partial charge in [0.15, 0.2) is 0 Å². The summed E-state index contributed by atoms with van der Waals surface area (Å²) < 4.78 is 4.41. The number of hydrogen-bond donors (Lipinski definition) is 2. The predicted molar refractivity (Wildman–Crippen MR) is 80.2 cm³/mol. The quantitative estimate of drug-likeness (QED) is 0.207. The average Bonchev–Trinajstić information content (AvgIpc) is 2.38. The van der Waals surface area contributed by atoms with Crippen LogP contribution in [0.1, 0.15) is 22.8 Å². The molecular weight excluding hydrogens is 298 g/mol. The smallest absolute Gasteiger partial charge is 0.345 e. The van der Waals surface area contributed by atoms with Crippen LogP contribution in [0.15, 0.2) is 24.3 Å². The van der Waals surface area contributed by atoms with Crippen LogP contribution in [0.3, 0.4) is 0 Å². The van der Waals surface area contributed by atoms with Gasteiger partial charge in [-0.15, -0.1) is 11.6 Å². The number of hydrogen-bond acceptors (Lipinski definition) is 6. The van der Waals surface area contributed by atoms with Crippen LogP contribution in [0.5, 0.6) is 0 Å². The number of nitrogens with two attached hydrogens (primary N) is 2. The third-order valence-corrected chi connectivity index (χ3v) is 1.86. The second-order valence-corrected chi connectivity index (χ2v) is 4.08. The van der Waals surface area contributed by atoms with E-state index in [2.05, 4.69) is 10.5 Å². The van der Waals surface area contributed by atoms with Crippen LogP contribution < -0.4 is 11.6 Å². The number of primary amides is 1. The number of nitrogens with zero attached hydrogens (tertiary/aromatic N) is 1. The lowest BCUT2D eigenvalue weighted by atomic mass is 10.1. The monoisotopic (exact) mass is 317 g/mol. The van der Waals surface area contributed by atoms with Crippen LogP contribution in [-0.4, -0.2) is 37.5 Å². The molecule has 1 aromatic rings. The number of ether oxygens (including phenoxy) is 1. The normalized spacial score (nSPS) is 8.67. The van der Waals surface area contributed by atoms with Crippen molar-refractivity contribution in [2.75, 3.05) is 14.1 Å². The molecule has 0 spiro atoms. The van der Waals surface area contributed by atoms with E-state index < -0.39 is 11.9 Å². The number of benzene rings is 1. The Balaban J connectivity index is 0. The van der Waals surface area contributed by atoms with Crippen molar-refractivity contribution >= 4 is 29.9 Å². The number of amides is 1. The SMILES string of the molecule is CC(=O)OC(=O)c1cccc(CCl)c1.CN(C)N.NC=O.